The van der Waals surface area contributed by atoms with Gasteiger partial charge in [0.1, 0.15) is 5.82 Å². The fraction of sp³-hybridized carbons (Fsp3) is 0.267. The van der Waals surface area contributed by atoms with Crippen LogP contribution in [0, 0.1) is 5.82 Å². The van der Waals surface area contributed by atoms with Crippen LogP contribution in [0.4, 0.5) is 17.6 Å². The molecule has 2 aromatic rings. The van der Waals surface area contributed by atoms with Crippen LogP contribution in [0.5, 0.6) is 0 Å². The van der Waals surface area contributed by atoms with Gasteiger partial charge in [0.05, 0.1) is 16.3 Å². The molecule has 1 aromatic carbocycles. The number of alkyl halides is 3. The maximum atomic E-state index is 13.6. The number of halogens is 5. The Morgan fingerprint density at radius 3 is 2.33 bits per heavy atom. The van der Waals surface area contributed by atoms with Crippen molar-refractivity contribution in [3.63, 3.8) is 0 Å². The van der Waals surface area contributed by atoms with Crippen LogP contribution in [0.1, 0.15) is 29.7 Å². The van der Waals surface area contributed by atoms with Gasteiger partial charge in [0.2, 0.25) is 0 Å². The largest absolute Gasteiger partial charge is 0.416 e. The van der Waals surface area contributed by atoms with E-state index >= 15 is 0 Å². The maximum Gasteiger partial charge on any atom is 0.416 e. The van der Waals surface area contributed by atoms with E-state index in [1.54, 1.807) is 12.1 Å². The molecule has 1 saturated carbocycles. The van der Waals surface area contributed by atoms with Gasteiger partial charge in [-0.2, -0.15) is 13.2 Å². The maximum absolute atomic E-state index is 13.6. The van der Waals surface area contributed by atoms with Crippen molar-refractivity contribution in [3.8, 4) is 0 Å². The Bertz CT molecular complexity index is 675. The molecular weight excluding hydrogens is 306 g/mol. The van der Waals surface area contributed by atoms with Gasteiger partial charge in [0, 0.05) is 11.6 Å². The number of benzene rings is 1. The van der Waals surface area contributed by atoms with Gasteiger partial charge >= 0.3 is 6.18 Å². The van der Waals surface area contributed by atoms with Crippen LogP contribution in [0.3, 0.4) is 0 Å². The number of aromatic nitrogens is 1. The zero-order valence-corrected chi connectivity index (χ0v) is 11.5. The molecule has 0 saturated heterocycles. The summed E-state index contributed by atoms with van der Waals surface area (Å²) in [6, 6.07) is 5.97. The lowest BCUT2D eigenvalue weighted by Crippen LogP contribution is -2.14. The number of nitrogens with zero attached hydrogens (tertiary/aromatic N) is 1. The Hall–Kier alpha value is -1.62. The molecule has 110 valence electrons. The summed E-state index contributed by atoms with van der Waals surface area (Å²) in [7, 11) is 0. The van der Waals surface area contributed by atoms with Crippen LogP contribution >= 0.6 is 11.6 Å². The molecule has 0 aliphatic heterocycles. The first-order valence-electron chi connectivity index (χ1n) is 6.32. The van der Waals surface area contributed by atoms with Gasteiger partial charge in [-0.15, -0.1) is 0 Å². The van der Waals surface area contributed by atoms with E-state index in [0.29, 0.717) is 35.2 Å². The monoisotopic (exact) mass is 315 g/mol. The molecule has 1 aromatic heterocycles. The van der Waals surface area contributed by atoms with Crippen molar-refractivity contribution in [2.75, 3.05) is 0 Å². The molecule has 1 aliphatic carbocycles. The molecule has 1 fully saturated rings. The fourth-order valence-electron chi connectivity index (χ4n) is 2.51. The third kappa shape index (κ3) is 2.62. The van der Waals surface area contributed by atoms with Crippen molar-refractivity contribution in [3.05, 3.63) is 64.2 Å². The average molecular weight is 316 g/mol. The summed E-state index contributed by atoms with van der Waals surface area (Å²) in [6.07, 6.45) is -1.84. The second-order valence-corrected chi connectivity index (χ2v) is 5.61. The van der Waals surface area contributed by atoms with Crippen molar-refractivity contribution in [1.29, 1.82) is 0 Å². The van der Waals surface area contributed by atoms with E-state index in [-0.39, 0.29) is 0 Å². The fourth-order valence-corrected chi connectivity index (χ4v) is 2.62. The third-order valence-corrected chi connectivity index (χ3v) is 3.97. The zero-order valence-electron chi connectivity index (χ0n) is 10.7. The van der Waals surface area contributed by atoms with Gasteiger partial charge in [0.15, 0.2) is 0 Å². The Labute approximate surface area is 123 Å². The summed E-state index contributed by atoms with van der Waals surface area (Å²) in [5, 5.41) is 0.449. The van der Waals surface area contributed by atoms with Crippen LogP contribution in [0.25, 0.3) is 0 Å². The number of hydrogen-bond donors (Lipinski definition) is 0. The summed E-state index contributed by atoms with van der Waals surface area (Å²) < 4.78 is 52.0. The third-order valence-electron chi connectivity index (χ3n) is 3.75. The van der Waals surface area contributed by atoms with Gasteiger partial charge in [-0.25, -0.2) is 4.39 Å². The Balaban J connectivity index is 2.08. The SMILES string of the molecule is Fc1cc(C(F)(F)F)cc(C2(c3ccc(Cl)cn3)CC2)c1. The van der Waals surface area contributed by atoms with Crippen molar-refractivity contribution >= 4 is 11.6 Å². The molecule has 0 unspecified atom stereocenters. The highest BCUT2D eigenvalue weighted by Gasteiger charge is 2.48. The minimum atomic E-state index is -4.57. The summed E-state index contributed by atoms with van der Waals surface area (Å²) >= 11 is 5.77. The van der Waals surface area contributed by atoms with E-state index in [9.17, 15) is 17.6 Å². The van der Waals surface area contributed by atoms with Crippen molar-refractivity contribution in [2.45, 2.75) is 24.4 Å². The Morgan fingerprint density at radius 2 is 1.81 bits per heavy atom. The Kier molecular flexibility index (Phi) is 3.20. The van der Waals surface area contributed by atoms with Gasteiger partial charge in [-0.05, 0) is 48.7 Å². The summed E-state index contributed by atoms with van der Waals surface area (Å²) in [5.41, 5.74) is -0.680. The van der Waals surface area contributed by atoms with E-state index in [0.717, 1.165) is 12.1 Å². The predicted molar refractivity (Wildman–Crippen MR) is 70.7 cm³/mol. The quantitative estimate of drug-likeness (QED) is 0.713. The highest BCUT2D eigenvalue weighted by atomic mass is 35.5. The summed E-state index contributed by atoms with van der Waals surface area (Å²) in [6.45, 7) is 0. The summed E-state index contributed by atoms with van der Waals surface area (Å²) in [5.74, 6) is -0.889. The first-order chi connectivity index (χ1) is 9.81. The molecule has 6 heteroatoms. The summed E-state index contributed by atoms with van der Waals surface area (Å²) in [4.78, 5) is 4.17. The van der Waals surface area contributed by atoms with Crippen molar-refractivity contribution in [2.24, 2.45) is 0 Å². The normalized spacial score (nSPS) is 16.8. The minimum absolute atomic E-state index is 0.310. The van der Waals surface area contributed by atoms with E-state index in [2.05, 4.69) is 4.98 Å². The lowest BCUT2D eigenvalue weighted by atomic mass is 9.90. The van der Waals surface area contributed by atoms with Crippen LogP contribution in [0.2, 0.25) is 5.02 Å². The zero-order chi connectivity index (χ0) is 15.3. The van der Waals surface area contributed by atoms with Crippen LogP contribution in [0.15, 0.2) is 36.5 Å². The van der Waals surface area contributed by atoms with E-state index in [1.165, 1.54) is 6.20 Å². The van der Waals surface area contributed by atoms with Crippen molar-refractivity contribution < 1.29 is 17.6 Å². The molecule has 0 N–H and O–H groups in total. The predicted octanol–water partition coefficient (Wildman–Crippen LogP) is 4.97. The smallest absolute Gasteiger partial charge is 0.259 e. The second-order valence-electron chi connectivity index (χ2n) is 5.17. The average Bonchev–Trinajstić information content (AvgIpc) is 3.19. The van der Waals surface area contributed by atoms with Crippen LogP contribution < -0.4 is 0 Å². The van der Waals surface area contributed by atoms with Crippen LogP contribution in [-0.4, -0.2) is 4.98 Å². The minimum Gasteiger partial charge on any atom is -0.259 e. The number of pyridine rings is 1. The van der Waals surface area contributed by atoms with Gasteiger partial charge in [-0.3, -0.25) is 4.98 Å². The van der Waals surface area contributed by atoms with E-state index < -0.39 is 23.0 Å². The lowest BCUT2D eigenvalue weighted by molar-refractivity contribution is -0.137. The lowest BCUT2D eigenvalue weighted by Gasteiger charge is -2.17. The first-order valence-corrected chi connectivity index (χ1v) is 6.69. The Morgan fingerprint density at radius 1 is 1.10 bits per heavy atom. The molecule has 0 amide bonds. The molecule has 3 rings (SSSR count). The number of rotatable bonds is 2. The standard InChI is InChI=1S/C15H10ClF4N/c16-11-1-2-13(21-8-11)14(3-4-14)9-5-10(15(18,19)20)7-12(17)6-9/h1-2,5-8H,3-4H2. The molecule has 1 aliphatic rings. The van der Waals surface area contributed by atoms with Gasteiger partial charge < -0.3 is 0 Å². The molecule has 0 radical (unpaired) electrons. The molecule has 21 heavy (non-hydrogen) atoms. The van der Waals surface area contributed by atoms with E-state index in [4.69, 9.17) is 11.6 Å². The van der Waals surface area contributed by atoms with Crippen LogP contribution in [-0.2, 0) is 11.6 Å². The molecule has 0 atom stereocenters. The molecule has 1 heterocycles. The highest BCUT2D eigenvalue weighted by molar-refractivity contribution is 6.30. The van der Waals surface area contributed by atoms with Gasteiger partial charge in [0.25, 0.3) is 0 Å². The number of hydrogen-bond acceptors (Lipinski definition) is 1. The van der Waals surface area contributed by atoms with Gasteiger partial charge in [-0.1, -0.05) is 11.6 Å². The van der Waals surface area contributed by atoms with Crippen molar-refractivity contribution in [1.82, 2.24) is 4.98 Å². The van der Waals surface area contributed by atoms with E-state index in [1.807, 2.05) is 0 Å². The molecule has 0 spiro atoms. The topological polar surface area (TPSA) is 12.9 Å². The molecule has 1 nitrogen and oxygen atoms in total. The second kappa shape index (κ2) is 4.70. The molecule has 0 bridgehead atoms. The first kappa shape index (κ1) is 14.3. The highest BCUT2D eigenvalue weighted by Crippen LogP contribution is 2.53. The molecular formula is C15H10ClF4N.